The predicted molar refractivity (Wildman–Crippen MR) is 134 cm³/mol. The molecule has 10 nitrogen and oxygen atoms in total. The Bertz CT molecular complexity index is 1270. The second kappa shape index (κ2) is 11.5. The summed E-state index contributed by atoms with van der Waals surface area (Å²) in [7, 11) is 6.27. The third kappa shape index (κ3) is 5.54. The van der Waals surface area contributed by atoms with Gasteiger partial charge >= 0.3 is 5.97 Å². The number of hydrogen-bond acceptors (Lipinski definition) is 7. The number of methoxy groups -OCH3 is 3. The fourth-order valence-corrected chi connectivity index (χ4v) is 3.77. The topological polar surface area (TPSA) is 110 Å². The van der Waals surface area contributed by atoms with Gasteiger partial charge in [-0.1, -0.05) is 18.2 Å². The van der Waals surface area contributed by atoms with Crippen LogP contribution in [-0.2, 0) is 27.8 Å². The lowest BCUT2D eigenvalue weighted by Crippen LogP contribution is -2.32. The largest absolute Gasteiger partial charge is 0.493 e. The molecule has 3 rings (SSSR count). The van der Waals surface area contributed by atoms with Crippen molar-refractivity contribution in [3.8, 4) is 22.9 Å². The first-order valence-electron chi connectivity index (χ1n) is 11.3. The van der Waals surface area contributed by atoms with Crippen molar-refractivity contribution in [3.05, 3.63) is 64.1 Å². The third-order valence-corrected chi connectivity index (χ3v) is 5.82. The molecular weight excluding hydrogens is 466 g/mol. The maximum atomic E-state index is 13.0. The van der Waals surface area contributed by atoms with Gasteiger partial charge in [-0.05, 0) is 50.1 Å². The van der Waals surface area contributed by atoms with Crippen LogP contribution in [0.5, 0.6) is 17.2 Å². The van der Waals surface area contributed by atoms with Crippen molar-refractivity contribution in [2.24, 2.45) is 7.05 Å². The van der Waals surface area contributed by atoms with Crippen LogP contribution in [-0.4, -0.2) is 48.7 Å². The second-order valence-corrected chi connectivity index (χ2v) is 8.09. The van der Waals surface area contributed by atoms with Crippen molar-refractivity contribution in [1.29, 1.82) is 0 Å². The van der Waals surface area contributed by atoms with E-state index < -0.39 is 18.0 Å². The van der Waals surface area contributed by atoms with Gasteiger partial charge in [0.15, 0.2) is 17.6 Å². The molecule has 1 N–H and O–H groups in total. The zero-order chi connectivity index (χ0) is 26.4. The molecule has 0 aliphatic rings. The molecule has 1 aromatic heterocycles. The molecule has 0 spiro atoms. The van der Waals surface area contributed by atoms with Crippen LogP contribution in [0.2, 0.25) is 0 Å². The average Bonchev–Trinajstić information content (AvgIpc) is 3.09. The summed E-state index contributed by atoms with van der Waals surface area (Å²) in [4.78, 5) is 38.2. The highest BCUT2D eigenvalue weighted by molar-refractivity contribution is 5.95. The number of aromatic nitrogens is 2. The van der Waals surface area contributed by atoms with Crippen molar-refractivity contribution in [1.82, 2.24) is 9.36 Å². The first kappa shape index (κ1) is 26.4. The summed E-state index contributed by atoms with van der Waals surface area (Å²) in [5.41, 5.74) is 1.76. The van der Waals surface area contributed by atoms with Gasteiger partial charge in [-0.3, -0.25) is 19.1 Å². The smallest absolute Gasteiger partial charge is 0.306 e. The second-order valence-electron chi connectivity index (χ2n) is 8.09. The van der Waals surface area contributed by atoms with Gasteiger partial charge in [0.2, 0.25) is 5.75 Å². The lowest BCUT2D eigenvalue weighted by molar-refractivity contribution is -0.153. The lowest BCUT2D eigenvalue weighted by atomic mass is 10.1. The number of hydrogen-bond donors (Lipinski definition) is 1. The summed E-state index contributed by atoms with van der Waals surface area (Å²) in [6, 6.07) is 12.6. The molecule has 3 aromatic rings. The van der Waals surface area contributed by atoms with Crippen LogP contribution in [0, 0.1) is 6.92 Å². The minimum Gasteiger partial charge on any atom is -0.493 e. The molecule has 0 aliphatic carbocycles. The maximum absolute atomic E-state index is 13.0. The van der Waals surface area contributed by atoms with E-state index in [0.717, 1.165) is 5.56 Å². The summed E-state index contributed by atoms with van der Waals surface area (Å²) >= 11 is 0. The van der Waals surface area contributed by atoms with E-state index in [1.807, 2.05) is 18.2 Å². The van der Waals surface area contributed by atoms with Crippen molar-refractivity contribution >= 4 is 17.6 Å². The summed E-state index contributed by atoms with van der Waals surface area (Å²) in [6.07, 6.45) is -0.730. The van der Waals surface area contributed by atoms with E-state index in [-0.39, 0.29) is 17.7 Å². The molecule has 0 saturated carbocycles. The number of nitrogens with zero attached hydrogens (tertiary/aromatic N) is 2. The fourth-order valence-electron chi connectivity index (χ4n) is 3.77. The molecule has 36 heavy (non-hydrogen) atoms. The molecule has 1 amide bonds. The summed E-state index contributed by atoms with van der Waals surface area (Å²) in [5.74, 6) is 0.263. The van der Waals surface area contributed by atoms with E-state index in [1.165, 1.54) is 32.9 Å². The number of anilines is 1. The van der Waals surface area contributed by atoms with Crippen molar-refractivity contribution < 1.29 is 28.5 Å². The molecule has 2 aromatic carbocycles. The van der Waals surface area contributed by atoms with Gasteiger partial charge in [-0.15, -0.1) is 0 Å². The third-order valence-electron chi connectivity index (χ3n) is 5.82. The van der Waals surface area contributed by atoms with Crippen molar-refractivity contribution in [2.75, 3.05) is 26.6 Å². The zero-order valence-corrected chi connectivity index (χ0v) is 21.3. The Balaban J connectivity index is 1.65. The Morgan fingerprint density at radius 3 is 2.17 bits per heavy atom. The number of nitrogens with one attached hydrogen (secondary N) is 1. The summed E-state index contributed by atoms with van der Waals surface area (Å²) < 4.78 is 24.4. The van der Waals surface area contributed by atoms with E-state index in [9.17, 15) is 14.4 Å². The van der Waals surface area contributed by atoms with Crippen LogP contribution in [0.4, 0.5) is 5.69 Å². The normalized spacial score (nSPS) is 11.5. The van der Waals surface area contributed by atoms with Gasteiger partial charge < -0.3 is 24.3 Å². The van der Waals surface area contributed by atoms with Gasteiger partial charge in [-0.2, -0.15) is 0 Å². The van der Waals surface area contributed by atoms with Gasteiger partial charge in [0, 0.05) is 13.5 Å². The van der Waals surface area contributed by atoms with Crippen LogP contribution < -0.4 is 25.1 Å². The highest BCUT2D eigenvalue weighted by Crippen LogP contribution is 2.38. The standard InChI is InChI=1S/C26H31N3O7/c1-16-23(26(32)29(28(16)3)19-10-8-7-9-11-19)27-25(31)17(2)36-22(30)13-12-18-14-20(33-4)24(35-6)21(15-18)34-5/h7-11,14-15,17H,12-13H2,1-6H3,(H,27,31). The van der Waals surface area contributed by atoms with E-state index in [2.05, 4.69) is 5.32 Å². The first-order valence-corrected chi connectivity index (χ1v) is 11.3. The summed E-state index contributed by atoms with van der Waals surface area (Å²) in [5, 5.41) is 2.61. The van der Waals surface area contributed by atoms with Crippen LogP contribution in [0.15, 0.2) is 47.3 Å². The van der Waals surface area contributed by atoms with E-state index >= 15 is 0 Å². The molecule has 1 unspecified atom stereocenters. The van der Waals surface area contributed by atoms with Gasteiger partial charge in [0.25, 0.3) is 11.5 Å². The molecule has 1 heterocycles. The number of aryl methyl sites for hydroxylation is 1. The number of para-hydroxylation sites is 1. The van der Waals surface area contributed by atoms with Crippen LogP contribution in [0.3, 0.4) is 0 Å². The molecule has 0 bridgehead atoms. The Labute approximate surface area is 209 Å². The minimum atomic E-state index is -1.10. The Morgan fingerprint density at radius 2 is 1.61 bits per heavy atom. The Kier molecular flexibility index (Phi) is 8.42. The molecule has 1 atom stereocenters. The van der Waals surface area contributed by atoms with Gasteiger partial charge in [-0.25, -0.2) is 4.68 Å². The monoisotopic (exact) mass is 497 g/mol. The summed E-state index contributed by atoms with van der Waals surface area (Å²) in [6.45, 7) is 3.19. The maximum Gasteiger partial charge on any atom is 0.306 e. The van der Waals surface area contributed by atoms with E-state index in [0.29, 0.717) is 35.1 Å². The van der Waals surface area contributed by atoms with Crippen molar-refractivity contribution in [3.63, 3.8) is 0 Å². The van der Waals surface area contributed by atoms with Crippen LogP contribution >= 0.6 is 0 Å². The van der Waals surface area contributed by atoms with E-state index in [1.54, 1.807) is 42.9 Å². The van der Waals surface area contributed by atoms with Crippen LogP contribution in [0.1, 0.15) is 24.6 Å². The number of carbonyl (C=O) groups is 2. The zero-order valence-electron chi connectivity index (χ0n) is 21.3. The average molecular weight is 498 g/mol. The predicted octanol–water partition coefficient (Wildman–Crippen LogP) is 3.01. The number of amides is 1. The van der Waals surface area contributed by atoms with E-state index in [4.69, 9.17) is 18.9 Å². The molecular formula is C26H31N3O7. The highest BCUT2D eigenvalue weighted by Gasteiger charge is 2.23. The Hall–Kier alpha value is -4.21. The highest BCUT2D eigenvalue weighted by atomic mass is 16.5. The number of rotatable bonds is 10. The minimum absolute atomic E-state index is 0.0292. The van der Waals surface area contributed by atoms with Gasteiger partial charge in [0.05, 0.1) is 32.7 Å². The van der Waals surface area contributed by atoms with Crippen LogP contribution in [0.25, 0.3) is 5.69 Å². The number of carbonyl (C=O) groups excluding carboxylic acids is 2. The van der Waals surface area contributed by atoms with Gasteiger partial charge in [0.1, 0.15) is 5.69 Å². The fraction of sp³-hybridized carbons (Fsp3) is 0.346. The number of ether oxygens (including phenoxy) is 4. The van der Waals surface area contributed by atoms with Crippen molar-refractivity contribution in [2.45, 2.75) is 32.8 Å². The molecule has 0 aliphatic heterocycles. The molecule has 0 fully saturated rings. The number of benzene rings is 2. The quantitative estimate of drug-likeness (QED) is 0.429. The molecule has 0 saturated heterocycles. The first-order chi connectivity index (χ1) is 17.2. The molecule has 10 heteroatoms. The SMILES string of the molecule is COc1cc(CCC(=O)OC(C)C(=O)Nc2c(C)n(C)n(-c3ccccc3)c2=O)cc(OC)c1OC. The molecule has 0 radical (unpaired) electrons. The lowest BCUT2D eigenvalue weighted by Gasteiger charge is -2.15. The molecule has 192 valence electrons. The Morgan fingerprint density at radius 1 is 1.00 bits per heavy atom. The number of esters is 1.